The summed E-state index contributed by atoms with van der Waals surface area (Å²) in [5.74, 6) is 0. The predicted octanol–water partition coefficient (Wildman–Crippen LogP) is 1.77. The van der Waals surface area contributed by atoms with E-state index in [2.05, 4.69) is 4.72 Å². The highest BCUT2D eigenvalue weighted by molar-refractivity contribution is 7.93. The molecule has 0 aromatic carbocycles. The van der Waals surface area contributed by atoms with Crippen LogP contribution in [0.5, 0.6) is 0 Å². The van der Waals surface area contributed by atoms with Gasteiger partial charge in [0.05, 0.1) is 10.8 Å². The molecule has 0 aliphatic carbocycles. The molecule has 0 saturated heterocycles. The minimum Gasteiger partial charge on any atom is -0.273 e. The van der Waals surface area contributed by atoms with Gasteiger partial charge in [-0.15, -0.1) is 11.3 Å². The molecule has 6 heteroatoms. The molecule has 4 nitrogen and oxygen atoms in total. The highest BCUT2D eigenvalue weighted by atomic mass is 32.2. The lowest BCUT2D eigenvalue weighted by atomic mass is 10.4. The van der Waals surface area contributed by atoms with Crippen LogP contribution in [0.3, 0.4) is 0 Å². The smallest absolute Gasteiger partial charge is 0.235 e. The van der Waals surface area contributed by atoms with Crippen molar-refractivity contribution in [2.45, 2.75) is 19.1 Å². The fourth-order valence-electron chi connectivity index (χ4n) is 0.723. The van der Waals surface area contributed by atoms with Gasteiger partial charge in [-0.05, 0) is 25.3 Å². The lowest BCUT2D eigenvalue weighted by Gasteiger charge is -2.08. The van der Waals surface area contributed by atoms with Crippen LogP contribution < -0.4 is 4.72 Å². The Balaban J connectivity index is 2.97. The van der Waals surface area contributed by atoms with E-state index >= 15 is 0 Å². The molecule has 0 aliphatic heterocycles. The molecule has 14 heavy (non-hydrogen) atoms. The Morgan fingerprint density at radius 3 is 2.71 bits per heavy atom. The molecule has 0 aliphatic rings. The van der Waals surface area contributed by atoms with Crippen LogP contribution in [0, 0.1) is 11.3 Å². The topological polar surface area (TPSA) is 70.0 Å². The van der Waals surface area contributed by atoms with Crippen LogP contribution in [0.15, 0.2) is 11.4 Å². The van der Waals surface area contributed by atoms with Gasteiger partial charge in [0.1, 0.15) is 11.1 Å². The molecule has 0 fully saturated rings. The number of hydrogen-bond acceptors (Lipinski definition) is 4. The molecular formula is C8H10N2O2S2. The lowest BCUT2D eigenvalue weighted by Crippen LogP contribution is -2.22. The third kappa shape index (κ3) is 2.25. The molecule has 76 valence electrons. The quantitative estimate of drug-likeness (QED) is 0.860. The molecule has 0 saturated carbocycles. The van der Waals surface area contributed by atoms with Crippen LogP contribution in [0.4, 0.5) is 5.00 Å². The zero-order valence-corrected chi connectivity index (χ0v) is 9.45. The number of nitriles is 1. The highest BCUT2D eigenvalue weighted by Crippen LogP contribution is 2.24. The summed E-state index contributed by atoms with van der Waals surface area (Å²) >= 11 is 1.21. The van der Waals surface area contributed by atoms with Gasteiger partial charge < -0.3 is 0 Å². The fourth-order valence-corrected chi connectivity index (χ4v) is 2.45. The lowest BCUT2D eigenvalue weighted by molar-refractivity contribution is 0.593. The molecule has 0 unspecified atom stereocenters. The van der Waals surface area contributed by atoms with E-state index in [4.69, 9.17) is 5.26 Å². The number of thiophene rings is 1. The number of anilines is 1. The van der Waals surface area contributed by atoms with E-state index in [0.717, 1.165) is 0 Å². The summed E-state index contributed by atoms with van der Waals surface area (Å²) in [4.78, 5) is 0. The van der Waals surface area contributed by atoms with Crippen molar-refractivity contribution in [3.05, 3.63) is 17.0 Å². The monoisotopic (exact) mass is 230 g/mol. The molecule has 1 aromatic heterocycles. The molecule has 1 aromatic rings. The number of sulfonamides is 1. The van der Waals surface area contributed by atoms with E-state index in [1.807, 2.05) is 6.07 Å². The Kier molecular flexibility index (Phi) is 3.13. The van der Waals surface area contributed by atoms with Gasteiger partial charge in [0.15, 0.2) is 0 Å². The van der Waals surface area contributed by atoms with Crippen molar-refractivity contribution in [3.8, 4) is 6.07 Å². The van der Waals surface area contributed by atoms with E-state index < -0.39 is 15.3 Å². The second-order valence-corrected chi connectivity index (χ2v) is 6.12. The van der Waals surface area contributed by atoms with Crippen LogP contribution in [-0.2, 0) is 10.0 Å². The van der Waals surface area contributed by atoms with E-state index in [1.54, 1.807) is 25.3 Å². The predicted molar refractivity (Wildman–Crippen MR) is 56.7 cm³/mol. The molecule has 0 amide bonds. The maximum atomic E-state index is 11.5. The average Bonchev–Trinajstić information content (AvgIpc) is 2.50. The maximum Gasteiger partial charge on any atom is 0.235 e. The number of hydrogen-bond donors (Lipinski definition) is 1. The van der Waals surface area contributed by atoms with Gasteiger partial charge in [-0.2, -0.15) is 5.26 Å². The summed E-state index contributed by atoms with van der Waals surface area (Å²) < 4.78 is 25.3. The molecular weight excluding hydrogens is 220 g/mol. The van der Waals surface area contributed by atoms with Crippen molar-refractivity contribution in [2.75, 3.05) is 4.72 Å². The summed E-state index contributed by atoms with van der Waals surface area (Å²) in [6.45, 7) is 3.17. The Labute approximate surface area is 87.2 Å². The third-order valence-electron chi connectivity index (χ3n) is 1.64. The van der Waals surface area contributed by atoms with Gasteiger partial charge in [-0.3, -0.25) is 4.72 Å². The first kappa shape index (κ1) is 11.0. The van der Waals surface area contributed by atoms with Crippen molar-refractivity contribution in [2.24, 2.45) is 0 Å². The van der Waals surface area contributed by atoms with Crippen LogP contribution >= 0.6 is 11.3 Å². The molecule has 0 bridgehead atoms. The Hall–Kier alpha value is -1.06. The summed E-state index contributed by atoms with van der Waals surface area (Å²) in [5, 5.41) is 10.2. The second kappa shape index (κ2) is 3.98. The van der Waals surface area contributed by atoms with Gasteiger partial charge in [0.2, 0.25) is 10.0 Å². The number of nitrogens with zero attached hydrogens (tertiary/aromatic N) is 1. The first-order valence-corrected chi connectivity index (χ1v) is 6.39. The minimum atomic E-state index is -3.34. The van der Waals surface area contributed by atoms with Crippen molar-refractivity contribution in [1.82, 2.24) is 0 Å². The van der Waals surface area contributed by atoms with Crippen molar-refractivity contribution < 1.29 is 8.42 Å². The first-order valence-electron chi connectivity index (χ1n) is 3.96. The van der Waals surface area contributed by atoms with Crippen LogP contribution in [-0.4, -0.2) is 13.7 Å². The zero-order chi connectivity index (χ0) is 10.8. The largest absolute Gasteiger partial charge is 0.273 e. The van der Waals surface area contributed by atoms with E-state index in [9.17, 15) is 8.42 Å². The normalized spacial score (nSPS) is 11.3. The van der Waals surface area contributed by atoms with Crippen molar-refractivity contribution in [1.29, 1.82) is 5.26 Å². The first-order chi connectivity index (χ1) is 6.47. The summed E-state index contributed by atoms with van der Waals surface area (Å²) in [6.07, 6.45) is 0. The highest BCUT2D eigenvalue weighted by Gasteiger charge is 2.17. The summed E-state index contributed by atoms with van der Waals surface area (Å²) in [6, 6.07) is 3.51. The van der Waals surface area contributed by atoms with Crippen molar-refractivity contribution in [3.63, 3.8) is 0 Å². The number of rotatable bonds is 3. The SMILES string of the molecule is CC(C)S(=O)(=O)Nc1sccc1C#N. The fraction of sp³-hybridized carbons (Fsp3) is 0.375. The zero-order valence-electron chi connectivity index (χ0n) is 7.81. The molecule has 0 radical (unpaired) electrons. The average molecular weight is 230 g/mol. The van der Waals surface area contributed by atoms with Gasteiger partial charge in [-0.25, -0.2) is 8.42 Å². The Morgan fingerprint density at radius 1 is 1.57 bits per heavy atom. The van der Waals surface area contributed by atoms with Gasteiger partial charge in [0.25, 0.3) is 0 Å². The standard InChI is InChI=1S/C8H10N2O2S2/c1-6(2)14(11,12)10-8-7(5-9)3-4-13-8/h3-4,6,10H,1-2H3. The van der Waals surface area contributed by atoms with Crippen LogP contribution in [0.25, 0.3) is 0 Å². The van der Waals surface area contributed by atoms with Gasteiger partial charge in [0, 0.05) is 0 Å². The Bertz CT molecular complexity index is 454. The van der Waals surface area contributed by atoms with E-state index in [-0.39, 0.29) is 0 Å². The summed E-state index contributed by atoms with van der Waals surface area (Å²) in [5.41, 5.74) is 0.360. The number of nitrogens with one attached hydrogen (secondary N) is 1. The van der Waals surface area contributed by atoms with Crippen molar-refractivity contribution >= 4 is 26.4 Å². The van der Waals surface area contributed by atoms with E-state index in [1.165, 1.54) is 11.3 Å². The molecule has 1 N–H and O–H groups in total. The molecule has 0 spiro atoms. The van der Waals surface area contributed by atoms with Gasteiger partial charge in [-0.1, -0.05) is 0 Å². The summed E-state index contributed by atoms with van der Waals surface area (Å²) in [7, 11) is -3.34. The Morgan fingerprint density at radius 2 is 2.21 bits per heavy atom. The van der Waals surface area contributed by atoms with Crippen LogP contribution in [0.1, 0.15) is 19.4 Å². The van der Waals surface area contributed by atoms with Crippen LogP contribution in [0.2, 0.25) is 0 Å². The maximum absolute atomic E-state index is 11.5. The van der Waals surface area contributed by atoms with E-state index in [0.29, 0.717) is 10.6 Å². The third-order valence-corrected chi connectivity index (χ3v) is 4.33. The second-order valence-electron chi connectivity index (χ2n) is 2.97. The minimum absolute atomic E-state index is 0.360. The molecule has 1 heterocycles. The van der Waals surface area contributed by atoms with Gasteiger partial charge >= 0.3 is 0 Å². The molecule has 1 rings (SSSR count). The molecule has 0 atom stereocenters.